The molecule has 1 N–H and O–H groups in total. The number of likely N-dealkylation sites (tertiary alicyclic amines) is 1. The van der Waals surface area contributed by atoms with Gasteiger partial charge in [0, 0.05) is 18.8 Å². The number of nitrogens with zero attached hydrogens (tertiary/aromatic N) is 2. The Hall–Kier alpha value is -1.88. The number of carbonyl (C=O) groups is 2. The highest BCUT2D eigenvalue weighted by Gasteiger charge is 2.21. The van der Waals surface area contributed by atoms with Crippen molar-refractivity contribution in [1.82, 2.24) is 9.80 Å². The molecular formula is C14H19N3O2. The van der Waals surface area contributed by atoms with Gasteiger partial charge in [0.25, 0.3) is 0 Å². The van der Waals surface area contributed by atoms with E-state index >= 15 is 0 Å². The van der Waals surface area contributed by atoms with Gasteiger partial charge in [-0.3, -0.25) is 14.5 Å². The fraction of sp³-hybridized carbons (Fsp3) is 0.429. The molecule has 0 aliphatic carbocycles. The van der Waals surface area contributed by atoms with Gasteiger partial charge in [-0.15, -0.1) is 0 Å². The number of hydrogen-bond acceptors (Lipinski definition) is 3. The Morgan fingerprint density at radius 1 is 1.21 bits per heavy atom. The Morgan fingerprint density at radius 3 is 2.47 bits per heavy atom. The molecule has 1 aliphatic rings. The first-order chi connectivity index (χ1) is 9.15. The number of nitrogens with one attached hydrogen (secondary N) is 1. The van der Waals surface area contributed by atoms with Crippen LogP contribution < -0.4 is 5.32 Å². The fourth-order valence-electron chi connectivity index (χ4n) is 1.92. The van der Waals surface area contributed by atoms with Gasteiger partial charge >= 0.3 is 0 Å². The molecule has 102 valence electrons. The van der Waals surface area contributed by atoms with E-state index < -0.39 is 0 Å². The molecule has 2 amide bonds. The van der Waals surface area contributed by atoms with Crippen molar-refractivity contribution in [2.24, 2.45) is 0 Å². The Labute approximate surface area is 113 Å². The lowest BCUT2D eigenvalue weighted by atomic mass is 10.2. The summed E-state index contributed by atoms with van der Waals surface area (Å²) in [6.07, 6.45) is 1.09. The van der Waals surface area contributed by atoms with E-state index in [0.29, 0.717) is 6.54 Å². The SMILES string of the molecule is CN(CC(=O)Nc1ccccc1)CC(=O)N1CCC1. The average molecular weight is 261 g/mol. The number of carbonyl (C=O) groups excluding carboxylic acids is 2. The van der Waals surface area contributed by atoms with Crippen LogP contribution in [0, 0.1) is 0 Å². The molecule has 19 heavy (non-hydrogen) atoms. The third-order valence-electron chi connectivity index (χ3n) is 3.09. The molecule has 0 spiro atoms. The zero-order chi connectivity index (χ0) is 13.7. The van der Waals surface area contributed by atoms with Crippen LogP contribution >= 0.6 is 0 Å². The minimum atomic E-state index is -0.106. The summed E-state index contributed by atoms with van der Waals surface area (Å²) in [7, 11) is 1.78. The first-order valence-corrected chi connectivity index (χ1v) is 6.46. The van der Waals surface area contributed by atoms with Crippen LogP contribution in [-0.4, -0.2) is 54.8 Å². The van der Waals surface area contributed by atoms with Gasteiger partial charge in [0.1, 0.15) is 0 Å². The molecule has 0 bridgehead atoms. The smallest absolute Gasteiger partial charge is 0.238 e. The van der Waals surface area contributed by atoms with Gasteiger partial charge in [0.05, 0.1) is 13.1 Å². The Balaban J connectivity index is 1.73. The van der Waals surface area contributed by atoms with Crippen molar-refractivity contribution >= 4 is 17.5 Å². The molecule has 0 aromatic heterocycles. The Bertz CT molecular complexity index is 443. The minimum absolute atomic E-state index is 0.0984. The van der Waals surface area contributed by atoms with Gasteiger partial charge < -0.3 is 10.2 Å². The molecule has 0 saturated carbocycles. The molecule has 0 unspecified atom stereocenters. The molecular weight excluding hydrogens is 242 g/mol. The number of rotatable bonds is 5. The summed E-state index contributed by atoms with van der Waals surface area (Å²) in [5.41, 5.74) is 0.773. The molecule has 1 heterocycles. The third-order valence-corrected chi connectivity index (χ3v) is 3.09. The highest BCUT2D eigenvalue weighted by atomic mass is 16.2. The monoisotopic (exact) mass is 261 g/mol. The predicted molar refractivity (Wildman–Crippen MR) is 73.8 cm³/mol. The van der Waals surface area contributed by atoms with Gasteiger partial charge in [-0.25, -0.2) is 0 Å². The fourth-order valence-corrected chi connectivity index (χ4v) is 1.92. The van der Waals surface area contributed by atoms with Crippen LogP contribution in [-0.2, 0) is 9.59 Å². The number of amides is 2. The van der Waals surface area contributed by atoms with Crippen LogP contribution in [0.2, 0.25) is 0 Å². The van der Waals surface area contributed by atoms with Crippen molar-refractivity contribution < 1.29 is 9.59 Å². The summed E-state index contributed by atoms with van der Waals surface area (Å²) >= 11 is 0. The van der Waals surface area contributed by atoms with Gasteiger partial charge in [-0.1, -0.05) is 18.2 Å². The summed E-state index contributed by atoms with van der Waals surface area (Å²) in [5, 5.41) is 2.80. The summed E-state index contributed by atoms with van der Waals surface area (Å²) in [4.78, 5) is 27.1. The minimum Gasteiger partial charge on any atom is -0.341 e. The van der Waals surface area contributed by atoms with E-state index in [1.54, 1.807) is 11.9 Å². The van der Waals surface area contributed by atoms with Crippen molar-refractivity contribution in [3.63, 3.8) is 0 Å². The van der Waals surface area contributed by atoms with Crippen LogP contribution in [0.15, 0.2) is 30.3 Å². The van der Waals surface area contributed by atoms with Crippen LogP contribution in [0.1, 0.15) is 6.42 Å². The van der Waals surface area contributed by atoms with Crippen molar-refractivity contribution in [3.05, 3.63) is 30.3 Å². The lowest BCUT2D eigenvalue weighted by Crippen LogP contribution is -2.47. The highest BCUT2D eigenvalue weighted by molar-refractivity contribution is 5.92. The molecule has 1 fully saturated rings. The van der Waals surface area contributed by atoms with E-state index in [-0.39, 0.29) is 18.4 Å². The molecule has 0 radical (unpaired) electrons. The predicted octanol–water partition coefficient (Wildman–Crippen LogP) is 0.789. The van der Waals surface area contributed by atoms with Crippen LogP contribution in [0.25, 0.3) is 0 Å². The zero-order valence-corrected chi connectivity index (χ0v) is 11.1. The van der Waals surface area contributed by atoms with Crippen molar-refractivity contribution in [2.45, 2.75) is 6.42 Å². The lowest BCUT2D eigenvalue weighted by molar-refractivity contribution is -0.135. The molecule has 5 heteroatoms. The van der Waals surface area contributed by atoms with Crippen molar-refractivity contribution in [3.8, 4) is 0 Å². The average Bonchev–Trinajstić information content (AvgIpc) is 2.26. The largest absolute Gasteiger partial charge is 0.341 e. The molecule has 1 aromatic carbocycles. The molecule has 1 saturated heterocycles. The van der Waals surface area contributed by atoms with Gasteiger partial charge in [0.15, 0.2) is 0 Å². The quantitative estimate of drug-likeness (QED) is 0.852. The maximum atomic E-state index is 11.8. The third kappa shape index (κ3) is 4.06. The number of hydrogen-bond donors (Lipinski definition) is 1. The second-order valence-corrected chi connectivity index (χ2v) is 4.82. The summed E-state index contributed by atoms with van der Waals surface area (Å²) < 4.78 is 0. The number of para-hydroxylation sites is 1. The number of benzene rings is 1. The van der Waals surface area contributed by atoms with Gasteiger partial charge in [-0.05, 0) is 25.6 Å². The number of likely N-dealkylation sites (N-methyl/N-ethyl adjacent to an activating group) is 1. The zero-order valence-electron chi connectivity index (χ0n) is 11.1. The first-order valence-electron chi connectivity index (χ1n) is 6.46. The topological polar surface area (TPSA) is 52.7 Å². The molecule has 0 atom stereocenters. The molecule has 2 rings (SSSR count). The second kappa shape index (κ2) is 6.33. The molecule has 5 nitrogen and oxygen atoms in total. The summed E-state index contributed by atoms with van der Waals surface area (Å²) in [6.45, 7) is 2.21. The van der Waals surface area contributed by atoms with E-state index in [0.717, 1.165) is 25.2 Å². The van der Waals surface area contributed by atoms with E-state index in [4.69, 9.17) is 0 Å². The van der Waals surface area contributed by atoms with E-state index in [1.165, 1.54) is 0 Å². The van der Waals surface area contributed by atoms with Crippen molar-refractivity contribution in [1.29, 1.82) is 0 Å². The maximum absolute atomic E-state index is 11.8. The van der Waals surface area contributed by atoms with E-state index in [9.17, 15) is 9.59 Å². The summed E-state index contributed by atoms with van der Waals surface area (Å²) in [5.74, 6) is -0.00799. The number of anilines is 1. The Morgan fingerprint density at radius 2 is 1.89 bits per heavy atom. The van der Waals surface area contributed by atoms with Gasteiger partial charge in [0.2, 0.25) is 11.8 Å². The molecule has 1 aliphatic heterocycles. The lowest BCUT2D eigenvalue weighted by Gasteiger charge is -2.32. The van der Waals surface area contributed by atoms with Crippen LogP contribution in [0.5, 0.6) is 0 Å². The Kier molecular flexibility index (Phi) is 4.52. The van der Waals surface area contributed by atoms with Crippen LogP contribution in [0.4, 0.5) is 5.69 Å². The van der Waals surface area contributed by atoms with Gasteiger partial charge in [-0.2, -0.15) is 0 Å². The van der Waals surface area contributed by atoms with E-state index in [1.807, 2.05) is 35.2 Å². The van der Waals surface area contributed by atoms with E-state index in [2.05, 4.69) is 5.32 Å². The second-order valence-electron chi connectivity index (χ2n) is 4.82. The van der Waals surface area contributed by atoms with Crippen LogP contribution in [0.3, 0.4) is 0 Å². The highest BCUT2D eigenvalue weighted by Crippen LogP contribution is 2.07. The molecule has 1 aromatic rings. The summed E-state index contributed by atoms with van der Waals surface area (Å²) in [6, 6.07) is 9.30. The standard InChI is InChI=1S/C14H19N3O2/c1-16(11-14(19)17-8-5-9-17)10-13(18)15-12-6-3-2-4-7-12/h2-4,6-7H,5,8-11H2,1H3,(H,15,18). The first kappa shape index (κ1) is 13.5. The van der Waals surface area contributed by atoms with Crippen molar-refractivity contribution in [2.75, 3.05) is 38.5 Å². The maximum Gasteiger partial charge on any atom is 0.238 e. The normalized spacial score (nSPS) is 14.1.